The van der Waals surface area contributed by atoms with Crippen molar-refractivity contribution >= 4 is 48.1 Å². The molecule has 2 atom stereocenters. The maximum absolute atomic E-state index is 12.6. The minimum absolute atomic E-state index is 0.0107. The van der Waals surface area contributed by atoms with Crippen LogP contribution in [0.3, 0.4) is 0 Å². The first-order valence-electron chi connectivity index (χ1n) is 10.00. The lowest BCUT2D eigenvalue weighted by molar-refractivity contribution is -0.139. The van der Waals surface area contributed by atoms with Crippen LogP contribution in [0, 0.1) is 5.92 Å². The Bertz CT molecular complexity index is 1090. The van der Waals surface area contributed by atoms with Gasteiger partial charge in [0.25, 0.3) is 5.91 Å². The number of hydrogen-bond donors (Lipinski definition) is 4. The largest absolute Gasteiger partial charge is 0.482 e. The fraction of sp³-hybridized carbons (Fsp3) is 0.318. The number of rotatable bonds is 11. The molecule has 2 amide bonds. The second-order valence-corrected chi connectivity index (χ2v) is 7.61. The lowest BCUT2D eigenvalue weighted by Gasteiger charge is -2.24. The van der Waals surface area contributed by atoms with Gasteiger partial charge in [-0.25, -0.2) is 4.79 Å². The summed E-state index contributed by atoms with van der Waals surface area (Å²) < 4.78 is 5.53. The van der Waals surface area contributed by atoms with Gasteiger partial charge in [0.15, 0.2) is 14.5 Å². The molecule has 2 radical (unpaired) electrons. The molecule has 11 heteroatoms. The lowest BCUT2D eigenvalue weighted by atomic mass is 9.92. The quantitative estimate of drug-likeness (QED) is 0.362. The maximum atomic E-state index is 12.6. The van der Waals surface area contributed by atoms with Crippen LogP contribution in [0.15, 0.2) is 36.4 Å². The monoisotopic (exact) mass is 454 g/mol. The Morgan fingerprint density at radius 1 is 1.00 bits per heavy atom. The summed E-state index contributed by atoms with van der Waals surface area (Å²) in [6.07, 6.45) is -0.706. The van der Waals surface area contributed by atoms with E-state index in [1.54, 1.807) is 44.2 Å². The number of fused-ring (bicyclic) bond motifs is 1. The number of ether oxygens (including phenoxy) is 1. The van der Waals surface area contributed by atoms with E-state index in [1.807, 2.05) is 0 Å². The van der Waals surface area contributed by atoms with Crippen molar-refractivity contribution in [3.8, 4) is 5.75 Å². The van der Waals surface area contributed by atoms with Crippen molar-refractivity contribution in [2.24, 2.45) is 5.92 Å². The van der Waals surface area contributed by atoms with Crippen LogP contribution < -0.4 is 15.4 Å². The smallest absolute Gasteiger partial charge is 0.339 e. The lowest BCUT2D eigenvalue weighted by Crippen LogP contribution is -2.54. The van der Waals surface area contributed by atoms with E-state index < -0.39 is 60.5 Å². The van der Waals surface area contributed by atoms with Gasteiger partial charge >= 0.3 is 11.9 Å². The third-order valence-corrected chi connectivity index (χ3v) is 4.76. The number of aliphatic carboxylic acids is 1. The minimum atomic E-state index is -1.45. The molecule has 0 saturated carbocycles. The number of hydrogen-bond acceptors (Lipinski definition) is 6. The molecular weight excluding hydrogens is 431 g/mol. The number of nitrogens with one attached hydrogen (secondary N) is 2. The molecule has 0 aliphatic carbocycles. The van der Waals surface area contributed by atoms with Crippen LogP contribution in [0.4, 0.5) is 0 Å². The molecule has 0 bridgehead atoms. The number of carboxylic acids is 2. The fourth-order valence-electron chi connectivity index (χ4n) is 3.11. The third-order valence-electron chi connectivity index (χ3n) is 4.76. The summed E-state index contributed by atoms with van der Waals surface area (Å²) in [7, 11) is 5.13. The molecule has 2 rings (SSSR count). The number of amides is 2. The zero-order valence-corrected chi connectivity index (χ0v) is 18.0. The van der Waals surface area contributed by atoms with Crippen LogP contribution in [-0.2, 0) is 19.2 Å². The molecule has 0 unspecified atom stereocenters. The molecule has 0 heterocycles. The van der Waals surface area contributed by atoms with Gasteiger partial charge in [-0.3, -0.25) is 14.4 Å². The van der Waals surface area contributed by atoms with Gasteiger partial charge in [0.1, 0.15) is 17.4 Å². The SMILES string of the molecule is [B]C(=O)[C@H](CC(=O)O)NC(=O)[C@@H](NC(=O)COc1c(C(=O)O)ccc2ccccc12)C(C)C. The number of carboxylic acid groups (broad SMARTS) is 2. The Balaban J connectivity index is 2.14. The van der Waals surface area contributed by atoms with Crippen LogP contribution in [-0.4, -0.2) is 66.2 Å². The zero-order chi connectivity index (χ0) is 24.7. The molecule has 33 heavy (non-hydrogen) atoms. The summed E-state index contributed by atoms with van der Waals surface area (Å²) in [4.78, 5) is 59.0. The first-order chi connectivity index (χ1) is 15.5. The van der Waals surface area contributed by atoms with Crippen molar-refractivity contribution < 1.29 is 38.9 Å². The van der Waals surface area contributed by atoms with E-state index in [2.05, 4.69) is 10.6 Å². The molecule has 172 valence electrons. The Morgan fingerprint density at radius 2 is 1.67 bits per heavy atom. The van der Waals surface area contributed by atoms with Gasteiger partial charge in [-0.2, -0.15) is 0 Å². The summed E-state index contributed by atoms with van der Waals surface area (Å²) >= 11 is 0. The zero-order valence-electron chi connectivity index (χ0n) is 18.0. The second-order valence-electron chi connectivity index (χ2n) is 7.61. The summed E-state index contributed by atoms with van der Waals surface area (Å²) in [5.74, 6) is -4.49. The van der Waals surface area contributed by atoms with Gasteiger partial charge in [0.2, 0.25) is 5.91 Å². The summed E-state index contributed by atoms with van der Waals surface area (Å²) in [5, 5.41) is 24.2. The van der Waals surface area contributed by atoms with Gasteiger partial charge in [0, 0.05) is 5.39 Å². The van der Waals surface area contributed by atoms with Gasteiger partial charge in [0.05, 0.1) is 18.1 Å². The van der Waals surface area contributed by atoms with Crippen molar-refractivity contribution in [3.05, 3.63) is 42.0 Å². The van der Waals surface area contributed by atoms with Crippen LogP contribution in [0.1, 0.15) is 30.6 Å². The summed E-state index contributed by atoms with van der Waals surface area (Å²) in [5.41, 5.74) is -1.15. The predicted molar refractivity (Wildman–Crippen MR) is 118 cm³/mol. The van der Waals surface area contributed by atoms with Crippen LogP contribution in [0.25, 0.3) is 10.8 Å². The van der Waals surface area contributed by atoms with E-state index >= 15 is 0 Å². The van der Waals surface area contributed by atoms with E-state index in [1.165, 1.54) is 6.07 Å². The number of carbonyl (C=O) groups excluding carboxylic acids is 3. The highest BCUT2D eigenvalue weighted by molar-refractivity contribution is 6.59. The molecule has 0 spiro atoms. The highest BCUT2D eigenvalue weighted by Gasteiger charge is 2.28. The first-order valence-corrected chi connectivity index (χ1v) is 10.00. The van der Waals surface area contributed by atoms with Crippen molar-refractivity contribution in [2.75, 3.05) is 6.61 Å². The highest BCUT2D eigenvalue weighted by atomic mass is 16.5. The maximum Gasteiger partial charge on any atom is 0.339 e. The molecule has 4 N–H and O–H groups in total. The fourth-order valence-corrected chi connectivity index (χ4v) is 3.11. The Morgan fingerprint density at radius 3 is 2.24 bits per heavy atom. The molecule has 10 nitrogen and oxygen atoms in total. The molecule has 0 fully saturated rings. The van der Waals surface area contributed by atoms with Gasteiger partial charge in [-0.1, -0.05) is 44.2 Å². The number of carbonyl (C=O) groups is 5. The second kappa shape index (κ2) is 11.1. The average Bonchev–Trinajstić information content (AvgIpc) is 2.74. The molecule has 2 aromatic rings. The van der Waals surface area contributed by atoms with E-state index in [4.69, 9.17) is 17.7 Å². The summed E-state index contributed by atoms with van der Waals surface area (Å²) in [6.45, 7) is 2.68. The van der Waals surface area contributed by atoms with Crippen molar-refractivity contribution in [2.45, 2.75) is 32.4 Å². The van der Waals surface area contributed by atoms with E-state index in [-0.39, 0.29) is 11.3 Å². The molecule has 0 aliphatic heterocycles. The standard InChI is InChI=1S/C22H23BN2O8/c1-11(2)18(21(30)24-15(20(23)29)9-17(27)28)25-16(26)10-33-19-13-6-4-3-5-12(13)7-8-14(19)22(31)32/h3-8,11,15,18H,9-10H2,1-2H3,(H,24,30)(H,25,26)(H,27,28)(H,31,32)/t15-,18-/m0/s1. The predicted octanol–water partition coefficient (Wildman–Crippen LogP) is 0.712. The van der Waals surface area contributed by atoms with Crippen molar-refractivity contribution in [1.82, 2.24) is 10.6 Å². The van der Waals surface area contributed by atoms with Crippen LogP contribution >= 0.6 is 0 Å². The van der Waals surface area contributed by atoms with E-state index in [0.717, 1.165) is 0 Å². The topological polar surface area (TPSA) is 159 Å². The van der Waals surface area contributed by atoms with E-state index in [0.29, 0.717) is 10.8 Å². The van der Waals surface area contributed by atoms with E-state index in [9.17, 15) is 29.1 Å². The normalized spacial score (nSPS) is 12.6. The van der Waals surface area contributed by atoms with Gasteiger partial charge in [-0.05, 0) is 17.4 Å². The Kier molecular flexibility index (Phi) is 8.55. The molecule has 0 aromatic heterocycles. The van der Waals surface area contributed by atoms with Gasteiger partial charge in [-0.15, -0.1) is 0 Å². The summed E-state index contributed by atoms with van der Waals surface area (Å²) in [6, 6.07) is 7.32. The number of aromatic carboxylic acids is 1. The highest BCUT2D eigenvalue weighted by Crippen LogP contribution is 2.30. The van der Waals surface area contributed by atoms with Crippen LogP contribution in [0.5, 0.6) is 5.75 Å². The Hall–Kier alpha value is -3.89. The number of benzene rings is 2. The first kappa shape index (κ1) is 25.4. The molecule has 0 aliphatic rings. The molecule has 0 saturated heterocycles. The molecule has 2 aromatic carbocycles. The van der Waals surface area contributed by atoms with Crippen LogP contribution in [0.2, 0.25) is 0 Å². The molecular formula is C22H23BN2O8. The minimum Gasteiger partial charge on any atom is -0.482 e. The van der Waals surface area contributed by atoms with Gasteiger partial charge < -0.3 is 30.4 Å². The van der Waals surface area contributed by atoms with Crippen molar-refractivity contribution in [1.29, 1.82) is 0 Å². The third kappa shape index (κ3) is 6.80. The Labute approximate surface area is 190 Å². The average molecular weight is 454 g/mol. The van der Waals surface area contributed by atoms with Crippen molar-refractivity contribution in [3.63, 3.8) is 0 Å².